The van der Waals surface area contributed by atoms with Crippen LogP contribution in [-0.4, -0.2) is 11.0 Å². The number of rotatable bonds is 3. The Hall–Kier alpha value is -1.87. The van der Waals surface area contributed by atoms with Crippen LogP contribution < -0.4 is 4.74 Å². The van der Waals surface area contributed by atoms with Gasteiger partial charge in [-0.1, -0.05) is 30.7 Å². The highest BCUT2D eigenvalue weighted by atomic mass is 35.5. The van der Waals surface area contributed by atoms with Crippen molar-refractivity contribution >= 4 is 17.6 Å². The number of hydrogen-bond donors (Lipinski definition) is 0. The van der Waals surface area contributed by atoms with Crippen LogP contribution in [0.2, 0.25) is 5.02 Å². The minimum Gasteiger partial charge on any atom is -0.404 e. The highest BCUT2D eigenvalue weighted by Gasteiger charge is 2.09. The van der Waals surface area contributed by atoms with Gasteiger partial charge in [0.15, 0.2) is 0 Å². The lowest BCUT2D eigenvalue weighted by atomic mass is 10.1. The Morgan fingerprint density at radius 3 is 2.67 bits per heavy atom. The van der Waals surface area contributed by atoms with Crippen molar-refractivity contribution in [2.75, 3.05) is 0 Å². The van der Waals surface area contributed by atoms with Gasteiger partial charge < -0.3 is 4.74 Å². The Balaban J connectivity index is 2.09. The van der Waals surface area contributed by atoms with E-state index in [1.165, 1.54) is 17.8 Å². The Morgan fingerprint density at radius 2 is 2.11 bits per heavy atom. The first kappa shape index (κ1) is 12.6. The SMILES string of the molecule is CCc1ccc(C(=O)Oc2c[c]c(Cl)cn2)cc1. The van der Waals surface area contributed by atoms with Crippen molar-refractivity contribution in [3.05, 3.63) is 58.7 Å². The average molecular weight is 261 g/mol. The molecule has 0 aliphatic carbocycles. The topological polar surface area (TPSA) is 39.2 Å². The standard InChI is InChI=1S/C14H11ClNO2/c1-2-10-3-5-11(6-4-10)14(17)18-13-8-7-12(15)9-16-13/h3-6,8-9H,2H2,1H3. The van der Waals surface area contributed by atoms with Crippen LogP contribution in [0.1, 0.15) is 22.8 Å². The first-order chi connectivity index (χ1) is 8.69. The monoisotopic (exact) mass is 260 g/mol. The second-order valence-electron chi connectivity index (χ2n) is 3.67. The number of aromatic nitrogens is 1. The number of carbonyl (C=O) groups is 1. The second-order valence-corrected chi connectivity index (χ2v) is 4.08. The Bertz CT molecular complexity index is 535. The fourth-order valence-electron chi connectivity index (χ4n) is 1.41. The van der Waals surface area contributed by atoms with Crippen LogP contribution in [0.5, 0.6) is 5.88 Å². The molecular weight excluding hydrogens is 250 g/mol. The zero-order chi connectivity index (χ0) is 13.0. The average Bonchev–Trinajstić information content (AvgIpc) is 2.41. The normalized spacial score (nSPS) is 10.1. The number of pyridine rings is 1. The van der Waals surface area contributed by atoms with E-state index in [-0.39, 0.29) is 5.88 Å². The van der Waals surface area contributed by atoms with Crippen LogP contribution >= 0.6 is 11.6 Å². The summed E-state index contributed by atoms with van der Waals surface area (Å²) in [5, 5.41) is 0.377. The highest BCUT2D eigenvalue weighted by molar-refractivity contribution is 6.30. The van der Waals surface area contributed by atoms with Gasteiger partial charge in [0.25, 0.3) is 0 Å². The van der Waals surface area contributed by atoms with Crippen molar-refractivity contribution in [3.63, 3.8) is 0 Å². The molecule has 0 amide bonds. The molecule has 1 aromatic carbocycles. The molecule has 0 spiro atoms. The van der Waals surface area contributed by atoms with Crippen molar-refractivity contribution in [1.29, 1.82) is 0 Å². The zero-order valence-corrected chi connectivity index (χ0v) is 10.6. The maximum absolute atomic E-state index is 11.8. The first-order valence-corrected chi connectivity index (χ1v) is 5.91. The minimum absolute atomic E-state index is 0.184. The molecule has 2 aromatic rings. The van der Waals surface area contributed by atoms with E-state index in [9.17, 15) is 4.79 Å². The van der Waals surface area contributed by atoms with Crippen molar-refractivity contribution in [2.24, 2.45) is 0 Å². The molecule has 3 nitrogen and oxygen atoms in total. The van der Waals surface area contributed by atoms with E-state index in [1.807, 2.05) is 12.1 Å². The lowest BCUT2D eigenvalue weighted by molar-refractivity contribution is 0.0727. The van der Waals surface area contributed by atoms with Gasteiger partial charge >= 0.3 is 5.97 Å². The zero-order valence-electron chi connectivity index (χ0n) is 9.81. The number of hydrogen-bond acceptors (Lipinski definition) is 3. The van der Waals surface area contributed by atoms with Crippen molar-refractivity contribution in [1.82, 2.24) is 4.98 Å². The minimum atomic E-state index is -0.444. The molecule has 91 valence electrons. The summed E-state index contributed by atoms with van der Waals surface area (Å²) in [5.41, 5.74) is 1.66. The van der Waals surface area contributed by atoms with E-state index >= 15 is 0 Å². The molecule has 1 aromatic heterocycles. The molecule has 2 rings (SSSR count). The van der Waals surface area contributed by atoms with Gasteiger partial charge in [0.2, 0.25) is 5.88 Å². The Kier molecular flexibility index (Phi) is 3.95. The van der Waals surface area contributed by atoms with Crippen LogP contribution in [-0.2, 0) is 6.42 Å². The van der Waals surface area contributed by atoms with Crippen molar-refractivity contribution in [3.8, 4) is 5.88 Å². The fraction of sp³-hybridized carbons (Fsp3) is 0.143. The van der Waals surface area contributed by atoms with Gasteiger partial charge in [0.1, 0.15) is 0 Å². The van der Waals surface area contributed by atoms with Gasteiger partial charge in [0, 0.05) is 12.1 Å². The van der Waals surface area contributed by atoms with Crippen LogP contribution in [0.25, 0.3) is 0 Å². The second kappa shape index (κ2) is 5.65. The molecule has 4 heteroatoms. The van der Waals surface area contributed by atoms with Gasteiger partial charge in [0.05, 0.1) is 16.8 Å². The van der Waals surface area contributed by atoms with Crippen LogP contribution in [0.4, 0.5) is 0 Å². The predicted molar refractivity (Wildman–Crippen MR) is 68.9 cm³/mol. The number of ether oxygens (including phenoxy) is 1. The summed E-state index contributed by atoms with van der Waals surface area (Å²) in [6, 6.07) is 11.4. The molecule has 0 saturated heterocycles. The Labute approximate surface area is 110 Å². The van der Waals surface area contributed by atoms with Gasteiger partial charge in [-0.3, -0.25) is 0 Å². The molecule has 1 heterocycles. The van der Waals surface area contributed by atoms with Crippen LogP contribution in [0.15, 0.2) is 36.5 Å². The molecule has 0 unspecified atom stereocenters. The highest BCUT2D eigenvalue weighted by Crippen LogP contribution is 2.13. The lowest BCUT2D eigenvalue weighted by Gasteiger charge is -2.03. The molecule has 0 atom stereocenters. The summed E-state index contributed by atoms with van der Waals surface area (Å²) < 4.78 is 5.09. The van der Waals surface area contributed by atoms with E-state index < -0.39 is 5.97 Å². The summed E-state index contributed by atoms with van der Waals surface area (Å²) >= 11 is 5.64. The molecule has 0 bridgehead atoms. The maximum atomic E-state index is 11.8. The number of esters is 1. The predicted octanol–water partition coefficient (Wildman–Crippen LogP) is 3.32. The number of nitrogens with zero attached hydrogens (tertiary/aromatic N) is 1. The summed E-state index contributed by atoms with van der Waals surface area (Å²) in [6.07, 6.45) is 2.31. The van der Waals surface area contributed by atoms with E-state index in [1.54, 1.807) is 12.1 Å². The molecule has 18 heavy (non-hydrogen) atoms. The van der Waals surface area contributed by atoms with Gasteiger partial charge in [-0.25, -0.2) is 9.78 Å². The van der Waals surface area contributed by atoms with Gasteiger partial charge in [-0.2, -0.15) is 0 Å². The number of aryl methyl sites for hydroxylation is 1. The summed E-state index contributed by atoms with van der Waals surface area (Å²) in [4.78, 5) is 15.7. The fourth-order valence-corrected chi connectivity index (χ4v) is 1.52. The smallest absolute Gasteiger partial charge is 0.344 e. The third kappa shape index (κ3) is 3.08. The van der Waals surface area contributed by atoms with E-state index in [0.29, 0.717) is 10.6 Å². The van der Waals surface area contributed by atoms with Crippen molar-refractivity contribution < 1.29 is 9.53 Å². The van der Waals surface area contributed by atoms with Gasteiger partial charge in [-0.05, 0) is 24.1 Å². The molecule has 0 saturated carbocycles. The molecule has 0 fully saturated rings. The number of carbonyl (C=O) groups excluding carboxylic acids is 1. The summed E-state index contributed by atoms with van der Waals surface area (Å²) in [6.45, 7) is 2.06. The van der Waals surface area contributed by atoms with Crippen LogP contribution in [0.3, 0.4) is 0 Å². The largest absolute Gasteiger partial charge is 0.404 e. The van der Waals surface area contributed by atoms with E-state index in [2.05, 4.69) is 18.0 Å². The van der Waals surface area contributed by atoms with Gasteiger partial charge in [-0.15, -0.1) is 0 Å². The van der Waals surface area contributed by atoms with E-state index in [4.69, 9.17) is 16.3 Å². The third-order valence-electron chi connectivity index (χ3n) is 2.43. The maximum Gasteiger partial charge on any atom is 0.344 e. The molecule has 0 aliphatic heterocycles. The lowest BCUT2D eigenvalue weighted by Crippen LogP contribution is -2.09. The number of halogens is 1. The summed E-state index contributed by atoms with van der Waals surface area (Å²) in [5.74, 6) is -0.259. The van der Waals surface area contributed by atoms with Crippen LogP contribution in [0, 0.1) is 6.07 Å². The third-order valence-corrected chi connectivity index (χ3v) is 2.64. The molecule has 0 aliphatic rings. The van der Waals surface area contributed by atoms with E-state index in [0.717, 1.165) is 6.42 Å². The Morgan fingerprint density at radius 1 is 1.39 bits per heavy atom. The number of benzene rings is 1. The summed E-state index contributed by atoms with van der Waals surface area (Å²) in [7, 11) is 0. The molecular formula is C14H11ClNO2. The molecule has 1 radical (unpaired) electrons. The quantitative estimate of drug-likeness (QED) is 0.795. The molecule has 0 N–H and O–H groups in total. The van der Waals surface area contributed by atoms with Crippen molar-refractivity contribution in [2.45, 2.75) is 13.3 Å². The first-order valence-electron chi connectivity index (χ1n) is 5.53.